The molecule has 0 spiro atoms. The molecule has 4 heteroatoms. The first-order valence-corrected chi connectivity index (χ1v) is 5.60. The highest BCUT2D eigenvalue weighted by molar-refractivity contribution is 6.16. The quantitative estimate of drug-likeness (QED) is 0.748. The van der Waals surface area contributed by atoms with Gasteiger partial charge in [-0.05, 0) is 25.5 Å². The van der Waals surface area contributed by atoms with Crippen molar-refractivity contribution in [3.63, 3.8) is 0 Å². The smallest absolute Gasteiger partial charge is 0.205 e. The van der Waals surface area contributed by atoms with Crippen molar-refractivity contribution < 1.29 is 0 Å². The molecule has 1 aromatic rings. The van der Waals surface area contributed by atoms with Crippen molar-refractivity contribution >= 4 is 29.7 Å². The van der Waals surface area contributed by atoms with Crippen molar-refractivity contribution in [1.29, 1.82) is 0 Å². The van der Waals surface area contributed by atoms with Crippen molar-refractivity contribution in [3.8, 4) is 0 Å². The summed E-state index contributed by atoms with van der Waals surface area (Å²) in [5.74, 6) is 1.14. The van der Waals surface area contributed by atoms with Gasteiger partial charge in [0.15, 0.2) is 0 Å². The summed E-state index contributed by atoms with van der Waals surface area (Å²) in [5.41, 5.74) is 2.62. The summed E-state index contributed by atoms with van der Waals surface area (Å²) in [6, 6.07) is 8.57. The maximum Gasteiger partial charge on any atom is 0.205 e. The molecule has 0 saturated heterocycles. The van der Waals surface area contributed by atoms with Gasteiger partial charge in [-0.15, -0.1) is 12.4 Å². The number of halogens is 1. The molecule has 2 aliphatic heterocycles. The summed E-state index contributed by atoms with van der Waals surface area (Å²) in [5, 5.41) is 0. The molecular weight excluding hydrogens is 222 g/mol. The molecule has 2 heterocycles. The van der Waals surface area contributed by atoms with Crippen LogP contribution in [0.25, 0.3) is 0 Å². The summed E-state index contributed by atoms with van der Waals surface area (Å²) in [4.78, 5) is 9.26. The van der Waals surface area contributed by atoms with E-state index < -0.39 is 0 Å². The molecule has 0 bridgehead atoms. The number of hydrogen-bond acceptors (Lipinski definition) is 3. The van der Waals surface area contributed by atoms with Gasteiger partial charge in [-0.1, -0.05) is 12.1 Å². The Morgan fingerprint density at radius 1 is 1.25 bits per heavy atom. The fourth-order valence-electron chi connectivity index (χ4n) is 2.39. The van der Waals surface area contributed by atoms with E-state index in [1.54, 1.807) is 0 Å². The number of fused-ring (bicyclic) bond motifs is 3. The maximum absolute atomic E-state index is 4.63. The third-order valence-corrected chi connectivity index (χ3v) is 3.06. The Morgan fingerprint density at radius 3 is 2.75 bits per heavy atom. The van der Waals surface area contributed by atoms with Crippen molar-refractivity contribution in [2.45, 2.75) is 13.3 Å². The lowest BCUT2D eigenvalue weighted by atomic mass is 10.2. The van der Waals surface area contributed by atoms with Crippen LogP contribution in [-0.2, 0) is 0 Å². The lowest BCUT2D eigenvalue weighted by molar-refractivity contribution is 0.787. The SMILES string of the molecule is CCN1C2=NCCCN2c2ccccc21.Cl. The van der Waals surface area contributed by atoms with Gasteiger partial charge in [-0.25, -0.2) is 0 Å². The zero-order valence-corrected chi connectivity index (χ0v) is 10.2. The molecule has 0 fully saturated rings. The molecule has 3 rings (SSSR count). The lowest BCUT2D eigenvalue weighted by Crippen LogP contribution is -2.41. The van der Waals surface area contributed by atoms with Gasteiger partial charge in [-0.3, -0.25) is 4.99 Å². The van der Waals surface area contributed by atoms with Crippen molar-refractivity contribution in [3.05, 3.63) is 24.3 Å². The molecule has 0 N–H and O–H groups in total. The molecule has 16 heavy (non-hydrogen) atoms. The minimum atomic E-state index is 0. The van der Waals surface area contributed by atoms with Crippen LogP contribution in [0.15, 0.2) is 29.3 Å². The van der Waals surface area contributed by atoms with E-state index in [1.807, 2.05) is 0 Å². The van der Waals surface area contributed by atoms with E-state index in [9.17, 15) is 0 Å². The molecule has 86 valence electrons. The number of aliphatic imine (C=N–C) groups is 1. The van der Waals surface area contributed by atoms with Crippen LogP contribution in [0.5, 0.6) is 0 Å². The van der Waals surface area contributed by atoms with Gasteiger partial charge in [0.2, 0.25) is 5.96 Å². The number of guanidine groups is 1. The summed E-state index contributed by atoms with van der Waals surface area (Å²) >= 11 is 0. The average Bonchev–Trinajstić information content (AvgIpc) is 2.63. The largest absolute Gasteiger partial charge is 0.310 e. The Morgan fingerprint density at radius 2 is 2.00 bits per heavy atom. The normalized spacial score (nSPS) is 17.4. The van der Waals surface area contributed by atoms with Crippen LogP contribution < -0.4 is 9.80 Å². The Balaban J connectivity index is 0.000000963. The van der Waals surface area contributed by atoms with Gasteiger partial charge in [0.25, 0.3) is 0 Å². The molecule has 0 aliphatic carbocycles. The van der Waals surface area contributed by atoms with Crippen molar-refractivity contribution in [2.24, 2.45) is 4.99 Å². The minimum absolute atomic E-state index is 0. The molecule has 0 amide bonds. The first-order valence-electron chi connectivity index (χ1n) is 5.60. The van der Waals surface area contributed by atoms with E-state index in [-0.39, 0.29) is 12.4 Å². The number of anilines is 2. The van der Waals surface area contributed by atoms with Crippen LogP contribution in [0.3, 0.4) is 0 Å². The van der Waals surface area contributed by atoms with Crippen LogP contribution in [0, 0.1) is 0 Å². The van der Waals surface area contributed by atoms with Gasteiger partial charge in [-0.2, -0.15) is 0 Å². The highest BCUT2D eigenvalue weighted by atomic mass is 35.5. The number of benzene rings is 1. The van der Waals surface area contributed by atoms with Gasteiger partial charge >= 0.3 is 0 Å². The monoisotopic (exact) mass is 237 g/mol. The number of nitrogens with zero attached hydrogens (tertiary/aromatic N) is 3. The molecule has 2 aliphatic rings. The molecular formula is C12H16ClN3. The Bertz CT molecular complexity index is 401. The molecule has 0 aromatic heterocycles. The van der Waals surface area contributed by atoms with Crippen LogP contribution >= 0.6 is 12.4 Å². The molecule has 0 saturated carbocycles. The Kier molecular flexibility index (Phi) is 3.06. The van der Waals surface area contributed by atoms with Crippen LogP contribution in [0.4, 0.5) is 11.4 Å². The second-order valence-corrected chi connectivity index (χ2v) is 3.92. The first kappa shape index (κ1) is 11.3. The van der Waals surface area contributed by atoms with Gasteiger partial charge in [0.05, 0.1) is 11.4 Å². The van der Waals surface area contributed by atoms with Crippen LogP contribution in [0.2, 0.25) is 0 Å². The van der Waals surface area contributed by atoms with E-state index in [0.717, 1.165) is 32.0 Å². The zero-order chi connectivity index (χ0) is 10.3. The van der Waals surface area contributed by atoms with Crippen LogP contribution in [-0.4, -0.2) is 25.6 Å². The highest BCUT2D eigenvalue weighted by Crippen LogP contribution is 2.37. The maximum atomic E-state index is 4.63. The van der Waals surface area contributed by atoms with Gasteiger partial charge in [0.1, 0.15) is 0 Å². The predicted octanol–water partition coefficient (Wildman–Crippen LogP) is 2.51. The van der Waals surface area contributed by atoms with Crippen molar-refractivity contribution in [1.82, 2.24) is 0 Å². The first-order chi connectivity index (χ1) is 7.42. The topological polar surface area (TPSA) is 18.8 Å². The van der Waals surface area contributed by atoms with E-state index >= 15 is 0 Å². The fourth-order valence-corrected chi connectivity index (χ4v) is 2.39. The molecule has 0 atom stereocenters. The molecule has 0 unspecified atom stereocenters. The van der Waals surface area contributed by atoms with E-state index in [2.05, 4.69) is 46.0 Å². The summed E-state index contributed by atoms with van der Waals surface area (Å²) in [7, 11) is 0. The van der Waals surface area contributed by atoms with Crippen LogP contribution in [0.1, 0.15) is 13.3 Å². The molecule has 3 nitrogen and oxygen atoms in total. The van der Waals surface area contributed by atoms with Gasteiger partial charge in [0, 0.05) is 19.6 Å². The van der Waals surface area contributed by atoms with E-state index in [4.69, 9.17) is 0 Å². The second-order valence-electron chi connectivity index (χ2n) is 3.92. The number of rotatable bonds is 1. The summed E-state index contributed by atoms with van der Waals surface area (Å²) < 4.78 is 0. The van der Waals surface area contributed by atoms with Crippen molar-refractivity contribution in [2.75, 3.05) is 29.4 Å². The summed E-state index contributed by atoms with van der Waals surface area (Å²) in [6.45, 7) is 5.24. The Labute approximate surface area is 102 Å². The minimum Gasteiger partial charge on any atom is -0.310 e. The van der Waals surface area contributed by atoms with E-state index in [1.165, 1.54) is 11.4 Å². The average molecular weight is 238 g/mol. The van der Waals surface area contributed by atoms with E-state index in [0.29, 0.717) is 0 Å². The van der Waals surface area contributed by atoms with Gasteiger partial charge < -0.3 is 9.80 Å². The number of para-hydroxylation sites is 2. The standard InChI is InChI=1S/C12H15N3.ClH/c1-2-14-10-6-3-4-7-11(10)15-9-5-8-13-12(14)15;/h3-4,6-7H,2,5,8-9H2,1H3;1H. The third-order valence-electron chi connectivity index (χ3n) is 3.06. The fraction of sp³-hybridized carbons (Fsp3) is 0.417. The second kappa shape index (κ2) is 4.34. The third kappa shape index (κ3) is 1.47. The number of hydrogen-bond donors (Lipinski definition) is 0. The Hall–Kier alpha value is -1.22. The summed E-state index contributed by atoms with van der Waals surface area (Å²) in [6.07, 6.45) is 1.16. The lowest BCUT2D eigenvalue weighted by Gasteiger charge is -2.25. The molecule has 1 aromatic carbocycles. The highest BCUT2D eigenvalue weighted by Gasteiger charge is 2.32. The zero-order valence-electron chi connectivity index (χ0n) is 9.39. The predicted molar refractivity (Wildman–Crippen MR) is 71.0 cm³/mol. The molecule has 0 radical (unpaired) electrons.